The third kappa shape index (κ3) is 5.32. The van der Waals surface area contributed by atoms with Gasteiger partial charge in [-0.15, -0.1) is 6.58 Å². The molecule has 0 unspecified atom stereocenters. The summed E-state index contributed by atoms with van der Waals surface area (Å²) in [6, 6.07) is 4.99. The summed E-state index contributed by atoms with van der Waals surface area (Å²) in [5.74, 6) is 0.0187. The van der Waals surface area contributed by atoms with Crippen molar-refractivity contribution in [2.75, 3.05) is 26.0 Å². The standard InChI is InChI=1S/C17H20ClN3O3S/c1-3-7-19-15(22)11-25-17-20-14-10-12(18)5-6-13(14)16(23)21(17)8-4-9-24-2/h3,5-6,10H,1,4,7-9,11H2,2H3,(H,19,22). The first-order chi connectivity index (χ1) is 12.1. The Morgan fingerprint density at radius 1 is 1.52 bits per heavy atom. The van der Waals surface area contributed by atoms with E-state index in [1.807, 2.05) is 0 Å². The largest absolute Gasteiger partial charge is 0.385 e. The fourth-order valence-corrected chi connectivity index (χ4v) is 3.24. The Labute approximate surface area is 155 Å². The van der Waals surface area contributed by atoms with Crippen molar-refractivity contribution in [3.63, 3.8) is 0 Å². The van der Waals surface area contributed by atoms with Crippen LogP contribution in [-0.4, -0.2) is 41.5 Å². The number of hydrogen-bond acceptors (Lipinski definition) is 5. The van der Waals surface area contributed by atoms with E-state index < -0.39 is 0 Å². The molecular weight excluding hydrogens is 362 g/mol. The molecule has 1 aromatic heterocycles. The second kappa shape index (κ2) is 9.60. The van der Waals surface area contributed by atoms with Crippen LogP contribution in [0.1, 0.15) is 6.42 Å². The molecule has 1 heterocycles. The smallest absolute Gasteiger partial charge is 0.262 e. The number of ether oxygens (including phenoxy) is 1. The predicted octanol–water partition coefficient (Wildman–Crippen LogP) is 2.48. The number of carbonyl (C=O) groups excluding carboxylic acids is 1. The van der Waals surface area contributed by atoms with E-state index in [1.54, 1.807) is 36.0 Å². The highest BCUT2D eigenvalue weighted by Gasteiger charge is 2.13. The van der Waals surface area contributed by atoms with Crippen LogP contribution in [0.3, 0.4) is 0 Å². The number of halogens is 1. The van der Waals surface area contributed by atoms with Gasteiger partial charge in [-0.05, 0) is 24.6 Å². The molecule has 0 aliphatic carbocycles. The molecule has 134 valence electrons. The molecule has 0 spiro atoms. The minimum Gasteiger partial charge on any atom is -0.385 e. The number of nitrogens with zero attached hydrogens (tertiary/aromatic N) is 2. The molecule has 0 saturated carbocycles. The van der Waals surface area contributed by atoms with Crippen LogP contribution >= 0.6 is 23.4 Å². The third-order valence-electron chi connectivity index (χ3n) is 3.39. The van der Waals surface area contributed by atoms with Gasteiger partial charge in [-0.1, -0.05) is 29.4 Å². The Hall–Kier alpha value is -1.83. The van der Waals surface area contributed by atoms with Crippen molar-refractivity contribution in [1.82, 2.24) is 14.9 Å². The van der Waals surface area contributed by atoms with E-state index in [1.165, 1.54) is 11.8 Å². The lowest BCUT2D eigenvalue weighted by Gasteiger charge is -2.13. The number of hydrogen-bond donors (Lipinski definition) is 1. The second-order valence-electron chi connectivity index (χ2n) is 5.24. The third-order valence-corrected chi connectivity index (χ3v) is 4.60. The molecule has 2 rings (SSSR count). The van der Waals surface area contributed by atoms with Crippen molar-refractivity contribution in [1.29, 1.82) is 0 Å². The minimum absolute atomic E-state index is 0.145. The molecule has 0 aliphatic heterocycles. The van der Waals surface area contributed by atoms with Gasteiger partial charge in [-0.25, -0.2) is 4.98 Å². The normalized spacial score (nSPS) is 10.8. The predicted molar refractivity (Wildman–Crippen MR) is 101 cm³/mol. The summed E-state index contributed by atoms with van der Waals surface area (Å²) in [5, 5.41) is 4.20. The zero-order valence-corrected chi connectivity index (χ0v) is 15.5. The Balaban J connectivity index is 2.33. The van der Waals surface area contributed by atoms with Crippen LogP contribution in [0.15, 0.2) is 40.8 Å². The number of amides is 1. The summed E-state index contributed by atoms with van der Waals surface area (Å²) in [6.45, 7) is 4.96. The molecule has 1 N–H and O–H groups in total. The molecule has 0 radical (unpaired) electrons. The van der Waals surface area contributed by atoms with Crippen molar-refractivity contribution in [2.45, 2.75) is 18.1 Å². The molecule has 2 aromatic rings. The van der Waals surface area contributed by atoms with E-state index >= 15 is 0 Å². The summed E-state index contributed by atoms with van der Waals surface area (Å²) in [5.41, 5.74) is 0.376. The van der Waals surface area contributed by atoms with Gasteiger partial charge >= 0.3 is 0 Å². The summed E-state index contributed by atoms with van der Waals surface area (Å²) >= 11 is 7.22. The van der Waals surface area contributed by atoms with Crippen molar-refractivity contribution in [3.8, 4) is 0 Å². The average molecular weight is 382 g/mol. The van der Waals surface area contributed by atoms with Crippen molar-refractivity contribution < 1.29 is 9.53 Å². The molecule has 0 fully saturated rings. The van der Waals surface area contributed by atoms with Gasteiger partial charge in [0, 0.05) is 31.8 Å². The average Bonchev–Trinajstić information content (AvgIpc) is 2.60. The summed E-state index contributed by atoms with van der Waals surface area (Å²) in [6.07, 6.45) is 2.28. The number of fused-ring (bicyclic) bond motifs is 1. The number of methoxy groups -OCH3 is 1. The van der Waals surface area contributed by atoms with E-state index in [9.17, 15) is 9.59 Å². The van der Waals surface area contributed by atoms with Gasteiger partial charge in [0.2, 0.25) is 5.91 Å². The SMILES string of the molecule is C=CCNC(=O)CSc1nc2cc(Cl)ccc2c(=O)n1CCCOC. The highest BCUT2D eigenvalue weighted by molar-refractivity contribution is 7.99. The van der Waals surface area contributed by atoms with Gasteiger partial charge in [0.25, 0.3) is 5.56 Å². The second-order valence-corrected chi connectivity index (χ2v) is 6.62. The maximum atomic E-state index is 12.8. The van der Waals surface area contributed by atoms with Crippen LogP contribution in [0.4, 0.5) is 0 Å². The fraction of sp³-hybridized carbons (Fsp3) is 0.353. The first-order valence-corrected chi connectivity index (χ1v) is 9.12. The van der Waals surface area contributed by atoms with Gasteiger partial charge in [-0.3, -0.25) is 14.2 Å². The molecule has 1 aromatic carbocycles. The lowest BCUT2D eigenvalue weighted by Crippen LogP contribution is -2.27. The monoisotopic (exact) mass is 381 g/mol. The molecule has 0 saturated heterocycles. The Morgan fingerprint density at radius 2 is 2.32 bits per heavy atom. The summed E-state index contributed by atoms with van der Waals surface area (Å²) in [7, 11) is 1.61. The van der Waals surface area contributed by atoms with Gasteiger partial charge in [0.15, 0.2) is 5.16 Å². The van der Waals surface area contributed by atoms with Gasteiger partial charge in [-0.2, -0.15) is 0 Å². The molecule has 0 aliphatic rings. The van der Waals surface area contributed by atoms with Crippen LogP contribution in [0.25, 0.3) is 10.9 Å². The maximum absolute atomic E-state index is 12.8. The lowest BCUT2D eigenvalue weighted by molar-refractivity contribution is -0.118. The van der Waals surface area contributed by atoms with E-state index in [-0.39, 0.29) is 17.2 Å². The topological polar surface area (TPSA) is 73.2 Å². The van der Waals surface area contributed by atoms with E-state index in [0.717, 1.165) is 0 Å². The first-order valence-electron chi connectivity index (χ1n) is 7.76. The number of carbonyl (C=O) groups is 1. The zero-order valence-electron chi connectivity index (χ0n) is 14.0. The highest BCUT2D eigenvalue weighted by atomic mass is 35.5. The summed E-state index contributed by atoms with van der Waals surface area (Å²) < 4.78 is 6.64. The van der Waals surface area contributed by atoms with E-state index in [4.69, 9.17) is 16.3 Å². The van der Waals surface area contributed by atoms with E-state index in [2.05, 4.69) is 16.9 Å². The molecule has 1 amide bonds. The number of rotatable bonds is 9. The molecule has 0 atom stereocenters. The fourth-order valence-electron chi connectivity index (χ4n) is 2.22. The molecular formula is C17H20ClN3O3S. The van der Waals surface area contributed by atoms with Crippen LogP contribution in [0.5, 0.6) is 0 Å². The Bertz CT molecular complexity index is 823. The van der Waals surface area contributed by atoms with Crippen LogP contribution < -0.4 is 10.9 Å². The molecule has 6 nitrogen and oxygen atoms in total. The van der Waals surface area contributed by atoms with Crippen molar-refractivity contribution in [3.05, 3.63) is 46.2 Å². The first kappa shape index (κ1) is 19.5. The minimum atomic E-state index is -0.147. The maximum Gasteiger partial charge on any atom is 0.262 e. The number of aromatic nitrogens is 2. The van der Waals surface area contributed by atoms with Gasteiger partial charge in [0.05, 0.1) is 16.7 Å². The lowest BCUT2D eigenvalue weighted by atomic mass is 10.2. The van der Waals surface area contributed by atoms with Crippen molar-refractivity contribution in [2.24, 2.45) is 0 Å². The van der Waals surface area contributed by atoms with Crippen LogP contribution in [-0.2, 0) is 16.1 Å². The summed E-state index contributed by atoms with van der Waals surface area (Å²) in [4.78, 5) is 29.1. The van der Waals surface area contributed by atoms with Crippen LogP contribution in [0.2, 0.25) is 5.02 Å². The zero-order chi connectivity index (χ0) is 18.2. The number of nitrogens with one attached hydrogen (secondary N) is 1. The molecule has 25 heavy (non-hydrogen) atoms. The van der Waals surface area contributed by atoms with Crippen molar-refractivity contribution >= 4 is 40.2 Å². The molecule has 8 heteroatoms. The highest BCUT2D eigenvalue weighted by Crippen LogP contribution is 2.20. The number of thioether (sulfide) groups is 1. The van der Waals surface area contributed by atoms with Gasteiger partial charge in [0.1, 0.15) is 0 Å². The Morgan fingerprint density at radius 3 is 3.04 bits per heavy atom. The number of benzene rings is 1. The molecule has 0 bridgehead atoms. The quantitative estimate of drug-likeness (QED) is 0.312. The van der Waals surface area contributed by atoms with Gasteiger partial charge < -0.3 is 10.1 Å². The Kier molecular flexibility index (Phi) is 7.49. The van der Waals surface area contributed by atoms with E-state index in [0.29, 0.717) is 47.2 Å². The van der Waals surface area contributed by atoms with Crippen LogP contribution in [0, 0.1) is 0 Å².